The van der Waals surface area contributed by atoms with Crippen LogP contribution < -0.4 is 5.73 Å². The van der Waals surface area contributed by atoms with Crippen molar-refractivity contribution in [2.24, 2.45) is 5.73 Å². The number of hydrogen-bond acceptors (Lipinski definition) is 4. The summed E-state index contributed by atoms with van der Waals surface area (Å²) in [5.74, 6) is 0. The van der Waals surface area contributed by atoms with Gasteiger partial charge in [0, 0.05) is 28.9 Å². The topological polar surface area (TPSA) is 38.5 Å². The van der Waals surface area contributed by atoms with E-state index >= 15 is 0 Å². The van der Waals surface area contributed by atoms with E-state index in [1.54, 1.807) is 0 Å². The molecule has 0 spiro atoms. The monoisotopic (exact) mass is 268 g/mol. The Bertz CT molecular complexity index is 366. The summed E-state index contributed by atoms with van der Waals surface area (Å²) < 4.78 is 5.82. The first-order chi connectivity index (χ1) is 8.72. The van der Waals surface area contributed by atoms with Crippen LogP contribution in [0.2, 0.25) is 0 Å². The van der Waals surface area contributed by atoms with Gasteiger partial charge in [-0.1, -0.05) is 13.8 Å². The van der Waals surface area contributed by atoms with Crippen molar-refractivity contribution in [3.05, 3.63) is 21.9 Å². The molecule has 0 saturated carbocycles. The lowest BCUT2D eigenvalue weighted by Crippen LogP contribution is -2.51. The SMILES string of the molecule is CCc1ccc(CC(N)C2CN(CC)CCO2)s1. The molecule has 1 aromatic rings. The van der Waals surface area contributed by atoms with Gasteiger partial charge in [-0.05, 0) is 31.5 Å². The predicted octanol–water partition coefficient (Wildman–Crippen LogP) is 1.90. The van der Waals surface area contributed by atoms with Crippen molar-refractivity contribution in [1.82, 2.24) is 4.90 Å². The van der Waals surface area contributed by atoms with Crippen LogP contribution >= 0.6 is 11.3 Å². The Hall–Kier alpha value is -0.420. The molecular formula is C14H24N2OS. The summed E-state index contributed by atoms with van der Waals surface area (Å²) in [7, 11) is 0. The molecule has 2 rings (SSSR count). The third-order valence-electron chi connectivity index (χ3n) is 3.60. The molecule has 0 aromatic carbocycles. The second kappa shape index (κ2) is 6.66. The van der Waals surface area contributed by atoms with Gasteiger partial charge in [-0.25, -0.2) is 0 Å². The molecule has 1 saturated heterocycles. The maximum atomic E-state index is 6.30. The van der Waals surface area contributed by atoms with E-state index in [1.165, 1.54) is 9.75 Å². The molecule has 0 aliphatic carbocycles. The van der Waals surface area contributed by atoms with Gasteiger partial charge in [0.05, 0.1) is 12.7 Å². The van der Waals surface area contributed by atoms with Gasteiger partial charge >= 0.3 is 0 Å². The minimum Gasteiger partial charge on any atom is -0.374 e. The lowest BCUT2D eigenvalue weighted by molar-refractivity contribution is -0.0384. The van der Waals surface area contributed by atoms with E-state index in [2.05, 4.69) is 30.9 Å². The first kappa shape index (κ1) is 14.0. The Labute approximate surface area is 114 Å². The third-order valence-corrected chi connectivity index (χ3v) is 4.86. The van der Waals surface area contributed by atoms with Gasteiger partial charge in [-0.15, -0.1) is 11.3 Å². The van der Waals surface area contributed by atoms with E-state index in [0.717, 1.165) is 39.1 Å². The number of morpholine rings is 1. The minimum absolute atomic E-state index is 0.114. The Morgan fingerprint density at radius 1 is 1.44 bits per heavy atom. The number of likely N-dealkylation sites (N-methyl/N-ethyl adjacent to an activating group) is 1. The lowest BCUT2D eigenvalue weighted by atomic mass is 10.1. The van der Waals surface area contributed by atoms with Crippen molar-refractivity contribution in [3.8, 4) is 0 Å². The quantitative estimate of drug-likeness (QED) is 0.886. The summed E-state index contributed by atoms with van der Waals surface area (Å²) in [5.41, 5.74) is 6.30. The maximum absolute atomic E-state index is 6.30. The van der Waals surface area contributed by atoms with E-state index in [1.807, 2.05) is 11.3 Å². The second-order valence-electron chi connectivity index (χ2n) is 4.89. The molecule has 0 radical (unpaired) electrons. The molecule has 2 unspecified atom stereocenters. The molecule has 18 heavy (non-hydrogen) atoms. The van der Waals surface area contributed by atoms with Gasteiger partial charge in [0.2, 0.25) is 0 Å². The fourth-order valence-corrected chi connectivity index (χ4v) is 3.39. The second-order valence-corrected chi connectivity index (χ2v) is 6.14. The fraction of sp³-hybridized carbons (Fsp3) is 0.714. The van der Waals surface area contributed by atoms with Gasteiger partial charge < -0.3 is 10.5 Å². The number of aryl methyl sites for hydroxylation is 1. The van der Waals surface area contributed by atoms with E-state index < -0.39 is 0 Å². The Morgan fingerprint density at radius 3 is 2.89 bits per heavy atom. The van der Waals surface area contributed by atoms with Gasteiger partial charge in [-0.3, -0.25) is 4.90 Å². The Kier molecular flexibility index (Phi) is 5.18. The van der Waals surface area contributed by atoms with E-state index in [9.17, 15) is 0 Å². The number of thiophene rings is 1. The first-order valence-electron chi connectivity index (χ1n) is 6.90. The number of nitrogens with zero attached hydrogens (tertiary/aromatic N) is 1. The molecular weight excluding hydrogens is 244 g/mol. The van der Waals surface area contributed by atoms with Crippen LogP contribution in [0, 0.1) is 0 Å². The molecule has 1 aromatic heterocycles. The highest BCUT2D eigenvalue weighted by atomic mass is 32.1. The molecule has 3 nitrogen and oxygen atoms in total. The summed E-state index contributed by atoms with van der Waals surface area (Å²) in [6, 6.07) is 4.54. The molecule has 1 fully saturated rings. The van der Waals surface area contributed by atoms with Crippen molar-refractivity contribution in [2.75, 3.05) is 26.2 Å². The molecule has 2 N–H and O–H groups in total. The van der Waals surface area contributed by atoms with Crippen LogP contribution in [-0.4, -0.2) is 43.3 Å². The third kappa shape index (κ3) is 3.54. The highest BCUT2D eigenvalue weighted by Crippen LogP contribution is 2.20. The van der Waals surface area contributed by atoms with Gasteiger partial charge in [0.15, 0.2) is 0 Å². The van der Waals surface area contributed by atoms with Crippen molar-refractivity contribution < 1.29 is 4.74 Å². The average molecular weight is 268 g/mol. The van der Waals surface area contributed by atoms with E-state index in [-0.39, 0.29) is 12.1 Å². The van der Waals surface area contributed by atoms with Gasteiger partial charge in [0.25, 0.3) is 0 Å². The van der Waals surface area contributed by atoms with Crippen LogP contribution in [0.1, 0.15) is 23.6 Å². The normalized spacial score (nSPS) is 23.2. The van der Waals surface area contributed by atoms with Crippen LogP contribution in [-0.2, 0) is 17.6 Å². The maximum Gasteiger partial charge on any atom is 0.0856 e. The largest absolute Gasteiger partial charge is 0.374 e. The molecule has 4 heteroatoms. The summed E-state index contributed by atoms with van der Waals surface area (Å²) >= 11 is 1.88. The number of rotatable bonds is 5. The molecule has 1 aliphatic heterocycles. The van der Waals surface area contributed by atoms with Gasteiger partial charge in [-0.2, -0.15) is 0 Å². The summed E-state index contributed by atoms with van der Waals surface area (Å²) in [6.07, 6.45) is 2.24. The van der Waals surface area contributed by atoms with E-state index in [0.29, 0.717) is 0 Å². The fourth-order valence-electron chi connectivity index (χ4n) is 2.36. The number of hydrogen-bond donors (Lipinski definition) is 1. The van der Waals surface area contributed by atoms with Crippen LogP contribution in [0.4, 0.5) is 0 Å². The predicted molar refractivity (Wildman–Crippen MR) is 77.2 cm³/mol. The molecule has 2 atom stereocenters. The zero-order chi connectivity index (χ0) is 13.0. The zero-order valence-corrected chi connectivity index (χ0v) is 12.2. The Balaban J connectivity index is 1.88. The smallest absolute Gasteiger partial charge is 0.0856 e. The van der Waals surface area contributed by atoms with Gasteiger partial charge in [0.1, 0.15) is 0 Å². The summed E-state index contributed by atoms with van der Waals surface area (Å²) in [6.45, 7) is 8.31. The number of nitrogens with two attached hydrogens (primary N) is 1. The van der Waals surface area contributed by atoms with Crippen LogP contribution in [0.15, 0.2) is 12.1 Å². The standard InChI is InChI=1S/C14H24N2OS/c1-3-11-5-6-12(18-11)9-13(15)14-10-16(4-2)7-8-17-14/h5-6,13-14H,3-4,7-10,15H2,1-2H3. The average Bonchev–Trinajstić information content (AvgIpc) is 2.86. The highest BCUT2D eigenvalue weighted by Gasteiger charge is 2.25. The van der Waals surface area contributed by atoms with Crippen LogP contribution in [0.5, 0.6) is 0 Å². The molecule has 102 valence electrons. The van der Waals surface area contributed by atoms with Crippen molar-refractivity contribution in [3.63, 3.8) is 0 Å². The highest BCUT2D eigenvalue weighted by molar-refractivity contribution is 7.11. The number of ether oxygens (including phenoxy) is 1. The first-order valence-corrected chi connectivity index (χ1v) is 7.71. The van der Waals surface area contributed by atoms with Crippen molar-refractivity contribution >= 4 is 11.3 Å². The molecule has 0 bridgehead atoms. The van der Waals surface area contributed by atoms with Crippen molar-refractivity contribution in [1.29, 1.82) is 0 Å². The van der Waals surface area contributed by atoms with E-state index in [4.69, 9.17) is 10.5 Å². The van der Waals surface area contributed by atoms with Crippen molar-refractivity contribution in [2.45, 2.75) is 38.8 Å². The summed E-state index contributed by atoms with van der Waals surface area (Å²) in [5, 5.41) is 0. The van der Waals surface area contributed by atoms with Crippen LogP contribution in [0.3, 0.4) is 0 Å². The summed E-state index contributed by atoms with van der Waals surface area (Å²) in [4.78, 5) is 5.24. The zero-order valence-electron chi connectivity index (χ0n) is 11.4. The lowest BCUT2D eigenvalue weighted by Gasteiger charge is -2.35. The molecule has 2 heterocycles. The minimum atomic E-state index is 0.114. The molecule has 1 aliphatic rings. The molecule has 0 amide bonds. The Morgan fingerprint density at radius 2 is 2.22 bits per heavy atom. The van der Waals surface area contributed by atoms with Crippen LogP contribution in [0.25, 0.3) is 0 Å².